The first-order valence-electron chi connectivity index (χ1n) is 12.3. The number of hydrogen-bond donors (Lipinski definition) is 2. The van der Waals surface area contributed by atoms with E-state index in [9.17, 15) is 9.18 Å². The lowest BCUT2D eigenvalue weighted by Gasteiger charge is -2.31. The van der Waals surface area contributed by atoms with Crippen LogP contribution in [0, 0.1) is 6.92 Å². The average molecular weight is 508 g/mol. The van der Waals surface area contributed by atoms with Crippen molar-refractivity contribution < 1.29 is 22.8 Å². The summed E-state index contributed by atoms with van der Waals surface area (Å²) in [5.74, 6) is 0.650. The maximum atomic E-state index is 14.3. The number of hydrogen-bond acceptors (Lipinski definition) is 10. The lowest BCUT2D eigenvalue weighted by atomic mass is 10.1. The highest BCUT2D eigenvalue weighted by Gasteiger charge is 2.27. The van der Waals surface area contributed by atoms with Crippen LogP contribution in [0.4, 0.5) is 15.9 Å². The Kier molecular flexibility index (Phi) is 6.26. The quantitative estimate of drug-likeness (QED) is 0.414. The number of alkyl halides is 1. The number of rotatable bonds is 5. The van der Waals surface area contributed by atoms with Crippen molar-refractivity contribution in [1.82, 2.24) is 25.3 Å². The molecule has 2 atom stereocenters. The molecule has 0 spiro atoms. The molecule has 6 rings (SSSR count). The third-order valence-corrected chi connectivity index (χ3v) is 6.37. The Balaban J connectivity index is 1.32. The van der Waals surface area contributed by atoms with E-state index in [0.29, 0.717) is 72.6 Å². The lowest BCUT2D eigenvalue weighted by Crippen LogP contribution is -2.37. The maximum absolute atomic E-state index is 14.3. The van der Waals surface area contributed by atoms with Crippen LogP contribution in [-0.4, -0.2) is 64.8 Å². The molecule has 6 heterocycles. The predicted molar refractivity (Wildman–Crippen MR) is 132 cm³/mol. The first-order chi connectivity index (χ1) is 18.0. The molecule has 192 valence electrons. The summed E-state index contributed by atoms with van der Waals surface area (Å²) in [6.07, 6.45) is 2.81. The number of pyridine rings is 2. The summed E-state index contributed by atoms with van der Waals surface area (Å²) in [6.45, 7) is 4.53. The molecule has 2 aliphatic rings. The van der Waals surface area contributed by atoms with Gasteiger partial charge in [-0.05, 0) is 31.9 Å². The Morgan fingerprint density at radius 3 is 3.00 bits per heavy atom. The molecule has 0 aliphatic carbocycles. The summed E-state index contributed by atoms with van der Waals surface area (Å²) in [5.41, 5.74) is 2.75. The molecule has 2 saturated heterocycles. The summed E-state index contributed by atoms with van der Waals surface area (Å²) in [5, 5.41) is 6.11. The van der Waals surface area contributed by atoms with Gasteiger partial charge in [-0.2, -0.15) is 4.98 Å². The summed E-state index contributed by atoms with van der Waals surface area (Å²) in [7, 11) is 0. The summed E-state index contributed by atoms with van der Waals surface area (Å²) >= 11 is 0. The minimum absolute atomic E-state index is 0.0949. The van der Waals surface area contributed by atoms with Crippen LogP contribution in [0.25, 0.3) is 22.7 Å². The zero-order chi connectivity index (χ0) is 25.4. The molecule has 1 amide bonds. The molecule has 11 nitrogen and oxygen atoms in total. The second-order valence-electron chi connectivity index (χ2n) is 9.16. The molecule has 2 aliphatic heterocycles. The monoisotopic (exact) mass is 507 g/mol. The van der Waals surface area contributed by atoms with Gasteiger partial charge in [0.1, 0.15) is 18.5 Å². The van der Waals surface area contributed by atoms with E-state index in [1.165, 1.54) is 6.26 Å². The molecule has 4 aromatic heterocycles. The highest BCUT2D eigenvalue weighted by Crippen LogP contribution is 2.33. The van der Waals surface area contributed by atoms with E-state index < -0.39 is 12.1 Å². The topological polar surface area (TPSA) is 131 Å². The van der Waals surface area contributed by atoms with Crippen LogP contribution in [0.2, 0.25) is 0 Å². The molecular weight excluding hydrogens is 481 g/mol. The lowest BCUT2D eigenvalue weighted by molar-refractivity contribution is 0.0118. The van der Waals surface area contributed by atoms with Crippen molar-refractivity contribution in [2.45, 2.75) is 32.0 Å². The maximum Gasteiger partial charge on any atom is 0.277 e. The number of morpholine rings is 1. The molecule has 0 radical (unpaired) electrons. The molecule has 4 aromatic rings. The van der Waals surface area contributed by atoms with Gasteiger partial charge in [0.25, 0.3) is 5.91 Å². The number of fused-ring (bicyclic) bond motifs is 1. The number of oxazole rings is 2. The van der Waals surface area contributed by atoms with Gasteiger partial charge in [-0.1, -0.05) is 0 Å². The normalized spacial score (nSPS) is 20.3. The largest absolute Gasteiger partial charge is 0.444 e. The molecule has 37 heavy (non-hydrogen) atoms. The van der Waals surface area contributed by atoms with E-state index in [1.54, 1.807) is 18.3 Å². The summed E-state index contributed by atoms with van der Waals surface area (Å²) in [6, 6.07) is 5.24. The van der Waals surface area contributed by atoms with Gasteiger partial charge in [-0.15, -0.1) is 0 Å². The van der Waals surface area contributed by atoms with Crippen LogP contribution in [0.15, 0.2) is 39.5 Å². The number of halogens is 1. The van der Waals surface area contributed by atoms with Crippen LogP contribution >= 0.6 is 0 Å². The molecule has 2 fully saturated rings. The van der Waals surface area contributed by atoms with Gasteiger partial charge in [-0.25, -0.2) is 14.4 Å². The number of amides is 1. The number of aryl methyl sites for hydroxylation is 1. The third-order valence-electron chi connectivity index (χ3n) is 6.37. The smallest absolute Gasteiger partial charge is 0.277 e. The Bertz CT molecular complexity index is 1430. The zero-order valence-corrected chi connectivity index (χ0v) is 20.2. The van der Waals surface area contributed by atoms with Gasteiger partial charge in [0.05, 0.1) is 18.8 Å². The van der Waals surface area contributed by atoms with Crippen LogP contribution in [0.5, 0.6) is 0 Å². The molecule has 0 aromatic carbocycles. The number of aromatic nitrogens is 4. The fourth-order valence-electron chi connectivity index (χ4n) is 4.56. The van der Waals surface area contributed by atoms with Crippen molar-refractivity contribution in [3.63, 3.8) is 0 Å². The van der Waals surface area contributed by atoms with Gasteiger partial charge in [0.15, 0.2) is 17.1 Å². The van der Waals surface area contributed by atoms with Crippen LogP contribution in [0.3, 0.4) is 0 Å². The Hall–Kier alpha value is -3.90. The van der Waals surface area contributed by atoms with Crippen molar-refractivity contribution in [3.8, 4) is 11.5 Å². The predicted octanol–water partition coefficient (Wildman–Crippen LogP) is 3.43. The Labute approximate surface area is 211 Å². The van der Waals surface area contributed by atoms with Crippen molar-refractivity contribution >= 4 is 28.6 Å². The molecule has 12 heteroatoms. The molecule has 0 bridgehead atoms. The van der Waals surface area contributed by atoms with Crippen LogP contribution in [0.1, 0.15) is 41.0 Å². The highest BCUT2D eigenvalue weighted by atomic mass is 19.1. The zero-order valence-electron chi connectivity index (χ0n) is 20.2. The van der Waals surface area contributed by atoms with Gasteiger partial charge in [-0.3, -0.25) is 9.78 Å². The first-order valence-corrected chi connectivity index (χ1v) is 12.3. The average Bonchev–Trinajstić information content (AvgIpc) is 3.56. The summed E-state index contributed by atoms with van der Waals surface area (Å²) < 4.78 is 31.5. The van der Waals surface area contributed by atoms with Crippen molar-refractivity contribution in [1.29, 1.82) is 0 Å². The molecule has 2 N–H and O–H groups in total. The second-order valence-corrected chi connectivity index (χ2v) is 9.16. The first kappa shape index (κ1) is 23.5. The standard InChI is InChI=1S/C25H26FN7O4/c1-14-9-15(4-5-28-14)24-30-18(13-36-24)23(34)29-17-10-19-21(31-22(17)33-7-2-3-16(26)12-33)32-25(37-19)20-11-27-6-8-35-20/h4-5,9-10,13,16,20,27H,2-3,6-8,11-12H2,1H3,(H,29,34). The Morgan fingerprint density at radius 1 is 1.27 bits per heavy atom. The minimum Gasteiger partial charge on any atom is -0.444 e. The fourth-order valence-corrected chi connectivity index (χ4v) is 4.56. The van der Waals surface area contributed by atoms with E-state index in [4.69, 9.17) is 13.6 Å². The number of piperidine rings is 1. The van der Waals surface area contributed by atoms with Crippen LogP contribution in [-0.2, 0) is 4.74 Å². The number of carbonyl (C=O) groups is 1. The van der Waals surface area contributed by atoms with Gasteiger partial charge >= 0.3 is 0 Å². The fraction of sp³-hybridized carbons (Fsp3) is 0.400. The van der Waals surface area contributed by atoms with Crippen molar-refractivity contribution in [2.75, 3.05) is 43.0 Å². The number of nitrogens with one attached hydrogen (secondary N) is 2. The van der Waals surface area contributed by atoms with Crippen molar-refractivity contribution in [2.24, 2.45) is 0 Å². The number of ether oxygens (including phenoxy) is 1. The second kappa shape index (κ2) is 9.87. The molecule has 2 unspecified atom stereocenters. The van der Waals surface area contributed by atoms with E-state index in [-0.39, 0.29) is 18.3 Å². The SMILES string of the molecule is Cc1cc(-c2nc(C(=O)Nc3cc4oc(C5CNCCO5)nc4nc3N3CCCC(F)C3)co2)ccn1. The highest BCUT2D eigenvalue weighted by molar-refractivity contribution is 6.05. The number of anilines is 2. The van der Waals surface area contributed by atoms with E-state index in [0.717, 1.165) is 12.2 Å². The molecular formula is C25H26FN7O4. The van der Waals surface area contributed by atoms with E-state index in [2.05, 4.69) is 30.6 Å². The van der Waals surface area contributed by atoms with E-state index >= 15 is 0 Å². The van der Waals surface area contributed by atoms with Crippen molar-refractivity contribution in [3.05, 3.63) is 47.9 Å². The van der Waals surface area contributed by atoms with E-state index in [1.807, 2.05) is 17.9 Å². The Morgan fingerprint density at radius 2 is 2.19 bits per heavy atom. The van der Waals surface area contributed by atoms with Crippen LogP contribution < -0.4 is 15.5 Å². The van der Waals surface area contributed by atoms with Gasteiger partial charge < -0.3 is 29.1 Å². The number of nitrogens with zero attached hydrogens (tertiary/aromatic N) is 5. The van der Waals surface area contributed by atoms with Gasteiger partial charge in [0, 0.05) is 43.2 Å². The minimum atomic E-state index is -0.980. The summed E-state index contributed by atoms with van der Waals surface area (Å²) in [4.78, 5) is 32.7. The van der Waals surface area contributed by atoms with Gasteiger partial charge in [0.2, 0.25) is 17.4 Å². The number of carbonyl (C=O) groups excluding carboxylic acids is 1. The molecule has 0 saturated carbocycles. The third kappa shape index (κ3) is 4.89.